The lowest BCUT2D eigenvalue weighted by molar-refractivity contribution is -0.115. The van der Waals surface area contributed by atoms with Gasteiger partial charge in [-0.05, 0) is 6.07 Å². The molecule has 2 rings (SSSR count). The molecule has 0 amide bonds. The van der Waals surface area contributed by atoms with Crippen LogP contribution in [-0.4, -0.2) is 55.8 Å². The number of nitrogens with zero attached hydrogens (tertiary/aromatic N) is 3. The zero-order valence-electron chi connectivity index (χ0n) is 10.3. The van der Waals surface area contributed by atoms with Gasteiger partial charge in [-0.2, -0.15) is 0 Å². The summed E-state index contributed by atoms with van der Waals surface area (Å²) in [5.74, 6) is 0.288. The molecule has 8 heteroatoms. The van der Waals surface area contributed by atoms with Crippen LogP contribution < -0.4 is 5.73 Å². The van der Waals surface area contributed by atoms with Gasteiger partial charge in [-0.25, -0.2) is 9.97 Å². The van der Waals surface area contributed by atoms with E-state index < -0.39 is 25.0 Å². The molecule has 8 nitrogen and oxygen atoms in total. The van der Waals surface area contributed by atoms with Gasteiger partial charge < -0.3 is 30.4 Å². The topological polar surface area (TPSA) is 127 Å². The fourth-order valence-corrected chi connectivity index (χ4v) is 1.88. The molecule has 0 fully saturated rings. The molecule has 0 aliphatic rings. The van der Waals surface area contributed by atoms with E-state index in [1.807, 2.05) is 0 Å². The summed E-state index contributed by atoms with van der Waals surface area (Å²) in [6.45, 7) is -0.412. The lowest BCUT2D eigenvalue weighted by Gasteiger charge is -2.25. The van der Waals surface area contributed by atoms with Crippen molar-refractivity contribution < 1.29 is 20.1 Å². The van der Waals surface area contributed by atoms with Gasteiger partial charge in [0.25, 0.3) is 0 Å². The van der Waals surface area contributed by atoms with Crippen molar-refractivity contribution in [3.8, 4) is 0 Å². The summed E-state index contributed by atoms with van der Waals surface area (Å²) in [4.78, 5) is 7.85. The molecule has 2 heterocycles. The lowest BCUT2D eigenvalue weighted by Crippen LogP contribution is -2.38. The van der Waals surface area contributed by atoms with Crippen LogP contribution in [0.2, 0.25) is 0 Å². The van der Waals surface area contributed by atoms with Gasteiger partial charge in [-0.3, -0.25) is 0 Å². The fraction of sp³-hybridized carbons (Fsp3) is 0.455. The van der Waals surface area contributed by atoms with E-state index in [2.05, 4.69) is 9.97 Å². The van der Waals surface area contributed by atoms with E-state index in [1.54, 1.807) is 6.07 Å². The van der Waals surface area contributed by atoms with Crippen molar-refractivity contribution in [1.29, 1.82) is 0 Å². The summed E-state index contributed by atoms with van der Waals surface area (Å²) in [5, 5.41) is 29.7. The van der Waals surface area contributed by atoms with E-state index in [1.165, 1.54) is 24.2 Å². The van der Waals surface area contributed by atoms with Crippen molar-refractivity contribution >= 4 is 16.9 Å². The third-order valence-electron chi connectivity index (χ3n) is 2.99. The standard InChI is InChI=1S/C11H16N4O4/c1-19-7(4-16)8(17)11(18)15-3-2-6-9(12)13-5-14-10(6)15/h2-3,5,7-8,11,16-18H,4H2,1H3,(H2,12,13,14)/t7-,8-,11+/m1/s1. The second-order valence-corrected chi connectivity index (χ2v) is 4.08. The van der Waals surface area contributed by atoms with Crippen LogP contribution in [0.5, 0.6) is 0 Å². The van der Waals surface area contributed by atoms with Crippen LogP contribution >= 0.6 is 0 Å². The predicted molar refractivity (Wildman–Crippen MR) is 67.1 cm³/mol. The van der Waals surface area contributed by atoms with Crippen LogP contribution in [-0.2, 0) is 4.74 Å². The third-order valence-corrected chi connectivity index (χ3v) is 2.99. The minimum atomic E-state index is -1.32. The van der Waals surface area contributed by atoms with Gasteiger partial charge in [0.2, 0.25) is 0 Å². The summed E-state index contributed by atoms with van der Waals surface area (Å²) in [5.41, 5.74) is 6.08. The highest BCUT2D eigenvalue weighted by Crippen LogP contribution is 2.23. The van der Waals surface area contributed by atoms with E-state index in [4.69, 9.17) is 15.6 Å². The van der Waals surface area contributed by atoms with Crippen molar-refractivity contribution in [2.24, 2.45) is 0 Å². The number of fused-ring (bicyclic) bond motifs is 1. The average Bonchev–Trinajstić information content (AvgIpc) is 2.84. The molecule has 104 valence electrons. The van der Waals surface area contributed by atoms with Crippen LogP contribution in [0.4, 0.5) is 5.82 Å². The van der Waals surface area contributed by atoms with Crippen molar-refractivity contribution in [3.05, 3.63) is 18.6 Å². The second kappa shape index (κ2) is 5.49. The molecule has 0 radical (unpaired) electrons. The minimum absolute atomic E-state index is 0.288. The van der Waals surface area contributed by atoms with Gasteiger partial charge >= 0.3 is 0 Å². The molecule has 0 saturated heterocycles. The Balaban J connectivity index is 2.36. The summed E-state index contributed by atoms with van der Waals surface area (Å²) < 4.78 is 6.23. The molecular weight excluding hydrogens is 252 g/mol. The largest absolute Gasteiger partial charge is 0.394 e. The summed E-state index contributed by atoms with van der Waals surface area (Å²) in [6.07, 6.45) is -0.710. The molecule has 0 saturated carbocycles. The molecule has 0 aliphatic heterocycles. The lowest BCUT2D eigenvalue weighted by atomic mass is 10.2. The van der Waals surface area contributed by atoms with Gasteiger partial charge in [-0.15, -0.1) is 0 Å². The van der Waals surface area contributed by atoms with Crippen molar-refractivity contribution in [2.75, 3.05) is 19.5 Å². The predicted octanol–water partition coefficient (Wildman–Crippen LogP) is -1.13. The van der Waals surface area contributed by atoms with Crippen LogP contribution in [0.1, 0.15) is 6.23 Å². The van der Waals surface area contributed by atoms with Crippen LogP contribution in [0.15, 0.2) is 18.6 Å². The number of hydrogen-bond acceptors (Lipinski definition) is 7. The maximum absolute atomic E-state index is 10.1. The Kier molecular flexibility index (Phi) is 3.96. The molecule has 3 atom stereocenters. The number of rotatable bonds is 5. The molecule has 2 aromatic heterocycles. The van der Waals surface area contributed by atoms with Gasteiger partial charge in [-0.1, -0.05) is 0 Å². The number of hydrogen-bond donors (Lipinski definition) is 4. The monoisotopic (exact) mass is 268 g/mol. The Hall–Kier alpha value is -1.74. The third kappa shape index (κ3) is 2.38. The summed E-state index contributed by atoms with van der Waals surface area (Å²) in [6, 6.07) is 1.64. The zero-order valence-corrected chi connectivity index (χ0v) is 10.3. The van der Waals surface area contributed by atoms with E-state index in [-0.39, 0.29) is 5.82 Å². The maximum Gasteiger partial charge on any atom is 0.160 e. The number of ether oxygens (including phenoxy) is 1. The van der Waals surface area contributed by atoms with E-state index >= 15 is 0 Å². The number of anilines is 1. The number of aliphatic hydroxyl groups is 3. The molecular formula is C11H16N4O4. The van der Waals surface area contributed by atoms with E-state index in [9.17, 15) is 10.2 Å². The highest BCUT2D eigenvalue weighted by molar-refractivity contribution is 5.86. The van der Waals surface area contributed by atoms with Gasteiger partial charge in [0.1, 0.15) is 30.0 Å². The number of nitrogen functional groups attached to an aromatic ring is 1. The number of nitrogens with two attached hydrogens (primary N) is 1. The van der Waals surface area contributed by atoms with E-state index in [0.29, 0.717) is 11.0 Å². The molecule has 0 spiro atoms. The summed E-state index contributed by atoms with van der Waals surface area (Å²) in [7, 11) is 1.34. The highest BCUT2D eigenvalue weighted by atomic mass is 16.5. The number of aromatic nitrogens is 3. The molecule has 0 aliphatic carbocycles. The van der Waals surface area contributed by atoms with Gasteiger partial charge in [0.05, 0.1) is 12.0 Å². The minimum Gasteiger partial charge on any atom is -0.394 e. The van der Waals surface area contributed by atoms with Gasteiger partial charge in [0, 0.05) is 13.3 Å². The normalized spacial score (nSPS) is 16.4. The van der Waals surface area contributed by atoms with Crippen molar-refractivity contribution in [1.82, 2.24) is 14.5 Å². The van der Waals surface area contributed by atoms with E-state index in [0.717, 1.165) is 0 Å². The molecule has 2 aromatic rings. The first-order chi connectivity index (χ1) is 9.10. The quantitative estimate of drug-likeness (QED) is 0.540. The Morgan fingerprint density at radius 1 is 1.42 bits per heavy atom. The molecule has 5 N–H and O–H groups in total. The molecule has 19 heavy (non-hydrogen) atoms. The molecule has 0 unspecified atom stereocenters. The van der Waals surface area contributed by atoms with Gasteiger partial charge in [0.15, 0.2) is 6.23 Å². The Labute approximate surface area is 109 Å². The maximum atomic E-state index is 10.1. The first kappa shape index (κ1) is 13.7. The number of aliphatic hydroxyl groups excluding tert-OH is 3. The first-order valence-corrected chi connectivity index (χ1v) is 5.67. The van der Waals surface area contributed by atoms with Crippen LogP contribution in [0.25, 0.3) is 11.0 Å². The summed E-state index contributed by atoms with van der Waals surface area (Å²) >= 11 is 0. The highest BCUT2D eigenvalue weighted by Gasteiger charge is 2.28. The smallest absolute Gasteiger partial charge is 0.160 e. The first-order valence-electron chi connectivity index (χ1n) is 5.67. The number of methoxy groups -OCH3 is 1. The van der Waals surface area contributed by atoms with Crippen molar-refractivity contribution in [2.45, 2.75) is 18.4 Å². The van der Waals surface area contributed by atoms with Crippen LogP contribution in [0.3, 0.4) is 0 Å². The second-order valence-electron chi connectivity index (χ2n) is 4.08. The zero-order chi connectivity index (χ0) is 14.0. The van der Waals surface area contributed by atoms with Crippen molar-refractivity contribution in [3.63, 3.8) is 0 Å². The van der Waals surface area contributed by atoms with Crippen LogP contribution in [0, 0.1) is 0 Å². The Morgan fingerprint density at radius 2 is 2.16 bits per heavy atom. The molecule has 0 aromatic carbocycles. The SMILES string of the molecule is CO[C@H](CO)[C@@H](O)[C@H](O)n1ccc2c(N)ncnc21. The average molecular weight is 268 g/mol. The fourth-order valence-electron chi connectivity index (χ4n) is 1.88. The Morgan fingerprint density at radius 3 is 2.79 bits per heavy atom. The molecule has 0 bridgehead atoms. The Bertz CT molecular complexity index is 555.